The van der Waals surface area contributed by atoms with Gasteiger partial charge in [-0.2, -0.15) is 0 Å². The molecule has 8 unspecified atom stereocenters. The summed E-state index contributed by atoms with van der Waals surface area (Å²) in [7, 11) is 1.52. The summed E-state index contributed by atoms with van der Waals surface area (Å²) in [6.45, 7) is 1.16. The van der Waals surface area contributed by atoms with E-state index in [2.05, 4.69) is 72.8 Å². The minimum Gasteiger partial charge on any atom is -0.493 e. The number of fused-ring (bicyclic) bond motifs is 5. The average Bonchev–Trinajstić information content (AvgIpc) is 4.11. The van der Waals surface area contributed by atoms with Gasteiger partial charge in [-0.25, -0.2) is 0 Å². The Morgan fingerprint density at radius 2 is 0.934 bits per heavy atom. The van der Waals surface area contributed by atoms with Gasteiger partial charge in [-0.05, 0) is 57.6 Å². The summed E-state index contributed by atoms with van der Waals surface area (Å²) in [6, 6.07) is 32.7. The predicted molar refractivity (Wildman–Crippen MR) is 215 cm³/mol. The van der Waals surface area contributed by atoms with Gasteiger partial charge in [-0.3, -0.25) is 14.4 Å². The van der Waals surface area contributed by atoms with Crippen LogP contribution in [0.3, 0.4) is 0 Å². The Balaban J connectivity index is 0.838. The van der Waals surface area contributed by atoms with Crippen molar-refractivity contribution in [1.29, 1.82) is 0 Å². The Labute approximate surface area is 352 Å². The number of methoxy groups -OCH3 is 1. The van der Waals surface area contributed by atoms with Crippen LogP contribution in [0.1, 0.15) is 41.5 Å². The molecule has 1 N–H and O–H groups in total. The molecule has 0 saturated carbocycles. The third-order valence-corrected chi connectivity index (χ3v) is 12.0. The average molecular weight is 837 g/mol. The molecule has 8 atom stereocenters. The van der Waals surface area contributed by atoms with Crippen LogP contribution in [-0.4, -0.2) is 125 Å². The van der Waals surface area contributed by atoms with E-state index in [0.29, 0.717) is 11.5 Å². The largest absolute Gasteiger partial charge is 0.493 e. The summed E-state index contributed by atoms with van der Waals surface area (Å²) in [6.07, 6.45) is -4.19. The Hall–Kier alpha value is -5.35. The van der Waals surface area contributed by atoms with Crippen LogP contribution in [0.5, 0.6) is 11.5 Å². The highest BCUT2D eigenvalue weighted by Crippen LogP contribution is 2.56. The van der Waals surface area contributed by atoms with Gasteiger partial charge in [0.05, 0.1) is 70.9 Å². The zero-order valence-corrected chi connectivity index (χ0v) is 33.7. The van der Waals surface area contributed by atoms with Crippen LogP contribution in [0, 0.1) is 0 Å². The van der Waals surface area contributed by atoms with Crippen molar-refractivity contribution in [2.24, 2.45) is 0 Å². The lowest BCUT2D eigenvalue weighted by Crippen LogP contribution is -2.36. The first-order valence-electron chi connectivity index (χ1n) is 20.7. The summed E-state index contributed by atoms with van der Waals surface area (Å²) in [5.41, 5.74) is 5.96. The molecule has 0 aromatic heterocycles. The van der Waals surface area contributed by atoms with Gasteiger partial charge < -0.3 is 52.5 Å². The number of carbonyl (C=O) groups excluding carboxylic acids is 3. The van der Waals surface area contributed by atoms with E-state index >= 15 is 0 Å². The maximum atomic E-state index is 12.9. The van der Waals surface area contributed by atoms with Gasteiger partial charge in [0.25, 0.3) is 0 Å². The number of hydrogen-bond acceptors (Lipinski definition) is 14. The van der Waals surface area contributed by atoms with Crippen molar-refractivity contribution in [3.8, 4) is 22.6 Å². The van der Waals surface area contributed by atoms with Crippen molar-refractivity contribution in [2.75, 3.05) is 53.4 Å². The number of esters is 3. The normalized spacial score (nSPS) is 26.5. The first-order valence-corrected chi connectivity index (χ1v) is 20.7. The van der Waals surface area contributed by atoms with Gasteiger partial charge in [-0.1, -0.05) is 72.8 Å². The summed E-state index contributed by atoms with van der Waals surface area (Å²) < 4.78 is 56.5. The van der Waals surface area contributed by atoms with Gasteiger partial charge in [0.1, 0.15) is 42.0 Å². The molecule has 0 amide bonds. The molecule has 4 aliphatic heterocycles. The lowest BCUT2D eigenvalue weighted by molar-refractivity contribution is -0.156. The minimum atomic E-state index is -0.715. The fourth-order valence-corrected chi connectivity index (χ4v) is 9.18. The smallest absolute Gasteiger partial charge is 0.309 e. The highest BCUT2D eigenvalue weighted by atomic mass is 16.7. The second-order valence-electron chi connectivity index (χ2n) is 15.7. The Morgan fingerprint density at radius 1 is 0.541 bits per heavy atom. The topological polar surface area (TPSA) is 164 Å². The number of ether oxygens (including phenoxy) is 10. The van der Waals surface area contributed by atoms with E-state index in [0.717, 1.165) is 33.4 Å². The van der Waals surface area contributed by atoms with Crippen molar-refractivity contribution in [1.82, 2.24) is 0 Å². The molecule has 4 aromatic carbocycles. The molecule has 14 heteroatoms. The molecule has 14 nitrogen and oxygen atoms in total. The minimum absolute atomic E-state index is 0.0156. The van der Waals surface area contributed by atoms with Crippen LogP contribution < -0.4 is 9.47 Å². The molecular formula is C47H48O14. The van der Waals surface area contributed by atoms with Gasteiger partial charge in [0.2, 0.25) is 0 Å². The maximum absolute atomic E-state index is 12.9. The summed E-state index contributed by atoms with van der Waals surface area (Å²) >= 11 is 0. The molecule has 9 rings (SSSR count). The number of benzene rings is 4. The third-order valence-electron chi connectivity index (χ3n) is 12.0. The van der Waals surface area contributed by atoms with E-state index in [1.54, 1.807) is 0 Å². The Kier molecular flexibility index (Phi) is 12.1. The predicted octanol–water partition coefficient (Wildman–Crippen LogP) is 4.32. The lowest BCUT2D eigenvalue weighted by atomic mass is 9.68. The van der Waals surface area contributed by atoms with Crippen LogP contribution in [0.2, 0.25) is 0 Å². The number of rotatable bonds is 16. The molecule has 1 aliphatic carbocycles. The van der Waals surface area contributed by atoms with Crippen molar-refractivity contribution >= 4 is 17.9 Å². The molecule has 4 fully saturated rings. The number of aliphatic hydroxyl groups excluding tert-OH is 1. The highest BCUT2D eigenvalue weighted by molar-refractivity contribution is 5.86. The van der Waals surface area contributed by atoms with Crippen LogP contribution in [0.25, 0.3) is 11.1 Å². The van der Waals surface area contributed by atoms with E-state index in [1.807, 2.05) is 24.3 Å². The molecule has 5 aliphatic rings. The first kappa shape index (κ1) is 41.0. The monoisotopic (exact) mass is 836 g/mol. The summed E-state index contributed by atoms with van der Waals surface area (Å²) in [4.78, 5) is 37.6. The van der Waals surface area contributed by atoms with Gasteiger partial charge in [0.15, 0.2) is 18.3 Å². The Bertz CT molecular complexity index is 2140. The quantitative estimate of drug-likeness (QED) is 0.110. The van der Waals surface area contributed by atoms with E-state index in [-0.39, 0.29) is 65.5 Å². The molecule has 0 radical (unpaired) electrons. The van der Waals surface area contributed by atoms with E-state index in [9.17, 15) is 19.5 Å². The van der Waals surface area contributed by atoms with E-state index in [1.165, 1.54) is 7.11 Å². The molecule has 320 valence electrons. The second kappa shape index (κ2) is 17.9. The van der Waals surface area contributed by atoms with Gasteiger partial charge >= 0.3 is 17.9 Å². The van der Waals surface area contributed by atoms with E-state index < -0.39 is 72.2 Å². The first-order chi connectivity index (χ1) is 29.8. The zero-order chi connectivity index (χ0) is 41.9. The summed E-state index contributed by atoms with van der Waals surface area (Å²) in [5, 5.41) is 9.98. The molecule has 4 heterocycles. The van der Waals surface area contributed by atoms with Crippen LogP contribution in [0.15, 0.2) is 97.1 Å². The van der Waals surface area contributed by atoms with Gasteiger partial charge in [-0.15, -0.1) is 0 Å². The molecule has 0 spiro atoms. The second-order valence-corrected chi connectivity index (χ2v) is 15.7. The SMILES string of the molecule is COCCC(=O)OC1COC2C(OC(=O)CCOc3ccc(C4(c5ccc(OCCC(=O)OC6COC7C(O)COC67)cc5)c5ccccc5-c5ccccc54)cc3)COC12. The molecule has 61 heavy (non-hydrogen) atoms. The van der Waals surface area contributed by atoms with Crippen molar-refractivity contribution in [2.45, 2.75) is 73.5 Å². The molecule has 4 aromatic rings. The van der Waals surface area contributed by atoms with Gasteiger partial charge in [0, 0.05) is 7.11 Å². The van der Waals surface area contributed by atoms with Crippen LogP contribution >= 0.6 is 0 Å². The van der Waals surface area contributed by atoms with E-state index in [4.69, 9.17) is 47.4 Å². The fraction of sp³-hybridized carbons (Fsp3) is 0.426. The molecular weight excluding hydrogens is 789 g/mol. The van der Waals surface area contributed by atoms with Crippen molar-refractivity contribution < 1.29 is 66.9 Å². The third kappa shape index (κ3) is 8.11. The fourth-order valence-electron chi connectivity index (χ4n) is 9.18. The number of aliphatic hydroxyl groups is 1. The standard InChI is InChI=1S/C47H48O14/c1-52-21-18-40(49)60-38-26-57-46-39(27-58-45(38)46)61-42(51)20-23-54-31-16-12-29(13-17-31)47(34-8-4-2-6-32(34)33-7-3-5-9-35(33)47)28-10-14-30(15-11-28)53-22-19-41(50)59-37-25-56-43-36(48)24-55-44(37)43/h2-17,36-39,43-46,48H,18-27H2,1H3. The number of carbonyl (C=O) groups is 3. The zero-order valence-electron chi connectivity index (χ0n) is 33.7. The number of hydrogen-bond donors (Lipinski definition) is 1. The van der Waals surface area contributed by atoms with Crippen LogP contribution in [-0.2, 0) is 57.7 Å². The summed E-state index contributed by atoms with van der Waals surface area (Å²) in [5.74, 6) is -0.0563. The molecule has 4 saturated heterocycles. The Morgan fingerprint density at radius 3 is 1.39 bits per heavy atom. The highest BCUT2D eigenvalue weighted by Gasteiger charge is 2.52. The van der Waals surface area contributed by atoms with Crippen molar-refractivity contribution in [3.63, 3.8) is 0 Å². The lowest BCUT2D eigenvalue weighted by Gasteiger charge is -2.34. The molecule has 0 bridgehead atoms. The van der Waals surface area contributed by atoms with Crippen molar-refractivity contribution in [3.05, 3.63) is 119 Å². The van der Waals surface area contributed by atoms with Crippen LogP contribution in [0.4, 0.5) is 0 Å². The maximum Gasteiger partial charge on any atom is 0.309 e.